The average molecular weight is 407 g/mol. The summed E-state index contributed by atoms with van der Waals surface area (Å²) in [5.41, 5.74) is 5.93. The number of hydrogen-bond donors (Lipinski definition) is 1. The molecule has 1 saturated heterocycles. The smallest absolute Gasteiger partial charge is 0.240 e. The molecular formula is C23H26N4OS. The van der Waals surface area contributed by atoms with Crippen molar-refractivity contribution >= 4 is 28.1 Å². The number of nitrogens with one attached hydrogen (secondary N) is 1. The molecule has 150 valence electrons. The molecule has 4 rings (SSSR count). The van der Waals surface area contributed by atoms with Crippen LogP contribution in [0.4, 0.5) is 10.8 Å². The van der Waals surface area contributed by atoms with E-state index < -0.39 is 0 Å². The number of benzene rings is 2. The zero-order valence-corrected chi connectivity index (χ0v) is 17.7. The Morgan fingerprint density at radius 3 is 2.55 bits per heavy atom. The maximum Gasteiger partial charge on any atom is 0.240 e. The van der Waals surface area contributed by atoms with Gasteiger partial charge in [0.25, 0.3) is 0 Å². The van der Waals surface area contributed by atoms with Gasteiger partial charge in [-0.05, 0) is 31.0 Å². The Balaban J connectivity index is 1.29. The number of anilines is 2. The molecule has 2 heterocycles. The topological polar surface area (TPSA) is 48.5 Å². The normalized spacial score (nSPS) is 14.8. The molecule has 0 saturated carbocycles. The summed E-state index contributed by atoms with van der Waals surface area (Å²) < 4.78 is 0. The third-order valence-corrected chi connectivity index (χ3v) is 6.23. The third-order valence-electron chi connectivity index (χ3n) is 5.48. The molecule has 3 aromatic rings. The number of nitrogens with zero attached hydrogens (tertiary/aromatic N) is 3. The van der Waals surface area contributed by atoms with E-state index in [9.17, 15) is 4.79 Å². The second-order valence-corrected chi connectivity index (χ2v) is 8.29. The molecule has 1 N–H and O–H groups in total. The van der Waals surface area contributed by atoms with Gasteiger partial charge in [0, 0.05) is 42.8 Å². The van der Waals surface area contributed by atoms with Crippen LogP contribution in [-0.2, 0) is 4.79 Å². The summed E-state index contributed by atoms with van der Waals surface area (Å²) in [6.45, 7) is 8.38. The van der Waals surface area contributed by atoms with Crippen LogP contribution in [0, 0.1) is 13.8 Å². The first-order chi connectivity index (χ1) is 14.1. The minimum absolute atomic E-state index is 0.000789. The number of carbonyl (C=O) groups is 1. The van der Waals surface area contributed by atoms with E-state index in [1.807, 2.05) is 35.7 Å². The standard InChI is InChI=1S/C23H26N4OS/c1-17-7-6-10-21(18(17)2)27-13-11-26(12-14-27)15-22(28)25-23-24-20(16-29-23)19-8-4-3-5-9-19/h3-10,16H,11-15H2,1-2H3,(H,24,25,28). The van der Waals surface area contributed by atoms with Crippen molar-refractivity contribution in [2.75, 3.05) is 42.9 Å². The van der Waals surface area contributed by atoms with Crippen LogP contribution < -0.4 is 10.2 Å². The Kier molecular flexibility index (Phi) is 5.92. The quantitative estimate of drug-likeness (QED) is 0.690. The Labute approximate surface area is 176 Å². The molecule has 2 aromatic carbocycles. The molecule has 0 spiro atoms. The van der Waals surface area contributed by atoms with Crippen LogP contribution in [0.25, 0.3) is 11.3 Å². The van der Waals surface area contributed by atoms with Crippen LogP contribution >= 0.6 is 11.3 Å². The molecule has 5 nitrogen and oxygen atoms in total. The predicted molar refractivity (Wildman–Crippen MR) is 121 cm³/mol. The zero-order chi connectivity index (χ0) is 20.2. The molecule has 6 heteroatoms. The van der Waals surface area contributed by atoms with E-state index in [1.165, 1.54) is 28.2 Å². The highest BCUT2D eigenvalue weighted by Gasteiger charge is 2.21. The predicted octanol–water partition coefficient (Wildman–Crippen LogP) is 4.19. The Hall–Kier alpha value is -2.70. The molecule has 1 amide bonds. The molecule has 1 aliphatic rings. The van der Waals surface area contributed by atoms with E-state index in [4.69, 9.17) is 0 Å². The first-order valence-electron chi connectivity index (χ1n) is 9.94. The molecule has 0 aliphatic carbocycles. The zero-order valence-electron chi connectivity index (χ0n) is 16.9. The van der Waals surface area contributed by atoms with Crippen molar-refractivity contribution in [2.24, 2.45) is 0 Å². The van der Waals surface area contributed by atoms with E-state index in [-0.39, 0.29) is 5.91 Å². The van der Waals surface area contributed by atoms with Gasteiger partial charge in [-0.2, -0.15) is 0 Å². The molecular weight excluding hydrogens is 380 g/mol. The van der Waals surface area contributed by atoms with Crippen molar-refractivity contribution < 1.29 is 4.79 Å². The summed E-state index contributed by atoms with van der Waals surface area (Å²) in [5.74, 6) is -0.000789. The van der Waals surface area contributed by atoms with Crippen molar-refractivity contribution in [3.05, 3.63) is 65.0 Å². The number of rotatable bonds is 5. The minimum atomic E-state index is -0.000789. The van der Waals surface area contributed by atoms with Gasteiger partial charge in [-0.25, -0.2) is 4.98 Å². The molecule has 0 unspecified atom stereocenters. The number of hydrogen-bond acceptors (Lipinski definition) is 5. The van der Waals surface area contributed by atoms with Gasteiger partial charge in [0.05, 0.1) is 12.2 Å². The maximum absolute atomic E-state index is 12.5. The van der Waals surface area contributed by atoms with Crippen molar-refractivity contribution in [1.29, 1.82) is 0 Å². The number of thiazole rings is 1. The summed E-state index contributed by atoms with van der Waals surface area (Å²) >= 11 is 1.47. The van der Waals surface area contributed by atoms with Crippen molar-refractivity contribution in [1.82, 2.24) is 9.88 Å². The van der Waals surface area contributed by atoms with Gasteiger partial charge in [0.15, 0.2) is 5.13 Å². The van der Waals surface area contributed by atoms with Crippen LogP contribution in [0.2, 0.25) is 0 Å². The molecule has 0 bridgehead atoms. The van der Waals surface area contributed by atoms with Crippen molar-refractivity contribution in [3.63, 3.8) is 0 Å². The lowest BCUT2D eigenvalue weighted by atomic mass is 10.1. The second-order valence-electron chi connectivity index (χ2n) is 7.43. The summed E-state index contributed by atoms with van der Waals surface area (Å²) in [6, 6.07) is 16.5. The van der Waals surface area contributed by atoms with Gasteiger partial charge < -0.3 is 10.2 Å². The van der Waals surface area contributed by atoms with Gasteiger partial charge in [-0.1, -0.05) is 42.5 Å². The lowest BCUT2D eigenvalue weighted by Gasteiger charge is -2.36. The molecule has 1 aromatic heterocycles. The summed E-state index contributed by atoms with van der Waals surface area (Å²) in [5, 5.41) is 5.59. The van der Waals surface area contributed by atoms with Crippen LogP contribution in [0.15, 0.2) is 53.9 Å². The van der Waals surface area contributed by atoms with Crippen LogP contribution in [-0.4, -0.2) is 48.5 Å². The second kappa shape index (κ2) is 8.76. The van der Waals surface area contributed by atoms with E-state index >= 15 is 0 Å². The highest BCUT2D eigenvalue weighted by Crippen LogP contribution is 2.25. The summed E-state index contributed by atoms with van der Waals surface area (Å²) in [6.07, 6.45) is 0. The van der Waals surface area contributed by atoms with Crippen LogP contribution in [0.3, 0.4) is 0 Å². The Bertz CT molecular complexity index is 978. The van der Waals surface area contributed by atoms with Gasteiger partial charge in [0.2, 0.25) is 5.91 Å². The molecule has 0 atom stereocenters. The fourth-order valence-electron chi connectivity index (χ4n) is 3.66. The first kappa shape index (κ1) is 19.6. The SMILES string of the molecule is Cc1cccc(N2CCN(CC(=O)Nc3nc(-c4ccccc4)cs3)CC2)c1C. The molecule has 1 fully saturated rings. The maximum atomic E-state index is 12.5. The highest BCUT2D eigenvalue weighted by atomic mass is 32.1. The van der Waals surface area contributed by atoms with E-state index in [0.29, 0.717) is 11.7 Å². The van der Waals surface area contributed by atoms with Gasteiger partial charge in [-0.3, -0.25) is 9.69 Å². The van der Waals surface area contributed by atoms with Gasteiger partial charge in [0.1, 0.15) is 0 Å². The average Bonchev–Trinajstić information content (AvgIpc) is 3.20. The monoisotopic (exact) mass is 406 g/mol. The lowest BCUT2D eigenvalue weighted by molar-refractivity contribution is -0.117. The Morgan fingerprint density at radius 1 is 1.03 bits per heavy atom. The van der Waals surface area contributed by atoms with E-state index in [2.05, 4.69) is 52.1 Å². The summed E-state index contributed by atoms with van der Waals surface area (Å²) in [7, 11) is 0. The first-order valence-corrected chi connectivity index (χ1v) is 10.8. The van der Waals surface area contributed by atoms with E-state index in [1.54, 1.807) is 0 Å². The summed E-state index contributed by atoms with van der Waals surface area (Å²) in [4.78, 5) is 21.7. The largest absolute Gasteiger partial charge is 0.369 e. The third kappa shape index (κ3) is 4.66. The number of amides is 1. The number of piperazine rings is 1. The molecule has 29 heavy (non-hydrogen) atoms. The van der Waals surface area contributed by atoms with Gasteiger partial charge >= 0.3 is 0 Å². The van der Waals surface area contributed by atoms with Gasteiger partial charge in [-0.15, -0.1) is 11.3 Å². The minimum Gasteiger partial charge on any atom is -0.369 e. The molecule has 0 radical (unpaired) electrons. The lowest BCUT2D eigenvalue weighted by Crippen LogP contribution is -2.48. The van der Waals surface area contributed by atoms with Crippen molar-refractivity contribution in [2.45, 2.75) is 13.8 Å². The Morgan fingerprint density at radius 2 is 1.79 bits per heavy atom. The number of aryl methyl sites for hydroxylation is 1. The number of aromatic nitrogens is 1. The van der Waals surface area contributed by atoms with Crippen LogP contribution in [0.5, 0.6) is 0 Å². The van der Waals surface area contributed by atoms with Crippen LogP contribution in [0.1, 0.15) is 11.1 Å². The van der Waals surface area contributed by atoms with E-state index in [0.717, 1.165) is 37.4 Å². The molecule has 1 aliphatic heterocycles. The van der Waals surface area contributed by atoms with Crippen molar-refractivity contribution in [3.8, 4) is 11.3 Å². The number of carbonyl (C=O) groups excluding carboxylic acids is 1. The highest BCUT2D eigenvalue weighted by molar-refractivity contribution is 7.14. The fraction of sp³-hybridized carbons (Fsp3) is 0.304. The fourth-order valence-corrected chi connectivity index (χ4v) is 4.40.